The number of phenols is 2. The minimum absolute atomic E-state index is 0.0353. The number of methoxy groups -OCH3 is 3. The van der Waals surface area contributed by atoms with Crippen molar-refractivity contribution in [1.82, 2.24) is 0 Å². The second kappa shape index (κ2) is 14.0. The molecule has 59 heavy (non-hydrogen) atoms. The maximum absolute atomic E-state index is 11.4. The van der Waals surface area contributed by atoms with Crippen LogP contribution in [0.15, 0.2) is 115 Å². The number of hydrogen-bond acceptors (Lipinski definition) is 9. The van der Waals surface area contributed by atoms with Gasteiger partial charge < -0.3 is 43.4 Å². The molecule has 0 spiro atoms. The summed E-state index contributed by atoms with van der Waals surface area (Å²) < 4.78 is 47.4. The molecular weight excluding hydrogens is 745 g/mol. The summed E-state index contributed by atoms with van der Waals surface area (Å²) in [5.41, 5.74) is 7.08. The number of rotatable bonds is 7. The van der Waals surface area contributed by atoms with Gasteiger partial charge in [0.2, 0.25) is 0 Å². The van der Waals surface area contributed by atoms with Crippen molar-refractivity contribution in [3.05, 3.63) is 165 Å². The number of allylic oxidation sites excluding steroid dienone is 1. The lowest BCUT2D eigenvalue weighted by molar-refractivity contribution is -0.194. The lowest BCUT2D eigenvalue weighted by Gasteiger charge is -2.55. The van der Waals surface area contributed by atoms with Gasteiger partial charge in [-0.3, -0.25) is 0 Å². The van der Waals surface area contributed by atoms with Gasteiger partial charge in [0.05, 0.1) is 27.2 Å². The molecule has 6 aromatic rings. The van der Waals surface area contributed by atoms with Gasteiger partial charge >= 0.3 is 0 Å². The molecule has 10 rings (SSSR count). The normalized spacial score (nSPS) is 22.0. The Morgan fingerprint density at radius 3 is 1.90 bits per heavy atom. The largest absolute Gasteiger partial charge is 0.507 e. The molecule has 4 aliphatic heterocycles. The van der Waals surface area contributed by atoms with Gasteiger partial charge in [-0.05, 0) is 38.3 Å². The molecule has 0 amide bonds. The third-order valence-electron chi connectivity index (χ3n) is 12.5. The Bertz CT molecular complexity index is 2640. The number of hydrogen-bond donors (Lipinski definition) is 2. The van der Waals surface area contributed by atoms with Gasteiger partial charge in [0.1, 0.15) is 63.6 Å². The molecule has 4 heterocycles. The van der Waals surface area contributed by atoms with Gasteiger partial charge in [0.15, 0.2) is 0 Å². The Morgan fingerprint density at radius 2 is 1.25 bits per heavy atom. The summed E-state index contributed by atoms with van der Waals surface area (Å²) >= 11 is 0. The highest BCUT2D eigenvalue weighted by Crippen LogP contribution is 2.69. The lowest BCUT2D eigenvalue weighted by atomic mass is 9.62. The number of phenolic OH excluding ortho intramolecular Hbond substituents is 2. The maximum Gasteiger partial charge on any atom is 0.282 e. The zero-order chi connectivity index (χ0) is 40.6. The molecule has 298 valence electrons. The summed E-state index contributed by atoms with van der Waals surface area (Å²) in [6.45, 7) is 3.68. The molecule has 2 N–H and O–H groups in total. The molecule has 0 unspecified atom stereocenters. The Labute approximate surface area is 342 Å². The average molecular weight is 789 g/mol. The van der Waals surface area contributed by atoms with Crippen LogP contribution < -0.4 is 33.2 Å². The van der Waals surface area contributed by atoms with Crippen molar-refractivity contribution in [2.75, 3.05) is 21.3 Å². The van der Waals surface area contributed by atoms with Gasteiger partial charge in [-0.25, -0.2) is 0 Å². The molecule has 5 atom stereocenters. The van der Waals surface area contributed by atoms with E-state index in [0.29, 0.717) is 63.6 Å². The molecule has 0 aliphatic carbocycles. The van der Waals surface area contributed by atoms with Crippen molar-refractivity contribution in [2.24, 2.45) is 5.92 Å². The quantitative estimate of drug-likeness (QED) is 0.164. The second-order valence-electron chi connectivity index (χ2n) is 15.6. The van der Waals surface area contributed by atoms with Gasteiger partial charge in [-0.1, -0.05) is 91.0 Å². The Hall–Kier alpha value is -6.74. The number of aromatic hydroxyl groups is 2. The average Bonchev–Trinajstić information content (AvgIpc) is 3.27. The van der Waals surface area contributed by atoms with E-state index in [0.717, 1.165) is 45.4 Å². The van der Waals surface area contributed by atoms with E-state index in [-0.39, 0.29) is 17.6 Å². The van der Waals surface area contributed by atoms with E-state index in [9.17, 15) is 10.2 Å². The third kappa shape index (κ3) is 5.51. The molecular formula is C50H44O9. The summed E-state index contributed by atoms with van der Waals surface area (Å²) in [4.78, 5) is 0. The first-order valence-electron chi connectivity index (χ1n) is 19.9. The van der Waals surface area contributed by atoms with E-state index in [2.05, 4.69) is 18.2 Å². The zero-order valence-electron chi connectivity index (χ0n) is 33.4. The van der Waals surface area contributed by atoms with Crippen molar-refractivity contribution in [2.45, 2.75) is 50.4 Å². The standard InChI is InChI=1S/C50H44O9/c1-27-34(51)24-39-42(47(27)54-4)33(23-37(56-39)30-17-11-7-12-18-30)46-45-43-40(25-35(52)28(2)48(43)55-5)58-50(46,31-19-13-8-14-20-31)59-41-26-38(53-3)32-21-22-36(57-49(32)44(41)45)29-15-9-6-10-16-29/h6-20,23-26,33,36,45-46,51-52H,21-22H2,1-5H3/t33-,36+,45-,46+,50+/m1/s1. The summed E-state index contributed by atoms with van der Waals surface area (Å²) in [5.74, 6) is 1.22. The topological polar surface area (TPSA) is 105 Å². The van der Waals surface area contributed by atoms with Crippen molar-refractivity contribution < 1.29 is 43.4 Å². The van der Waals surface area contributed by atoms with Crippen LogP contribution in [0.1, 0.15) is 74.4 Å². The van der Waals surface area contributed by atoms with Gasteiger partial charge in [0.25, 0.3) is 5.79 Å². The molecule has 4 aliphatic rings. The van der Waals surface area contributed by atoms with E-state index < -0.39 is 23.5 Å². The van der Waals surface area contributed by atoms with Gasteiger partial charge in [0, 0.05) is 74.5 Å². The molecule has 9 heteroatoms. The van der Waals surface area contributed by atoms with Crippen LogP contribution in [0.3, 0.4) is 0 Å². The van der Waals surface area contributed by atoms with Crippen LogP contribution in [-0.4, -0.2) is 31.5 Å². The highest BCUT2D eigenvalue weighted by Gasteiger charge is 2.63. The van der Waals surface area contributed by atoms with Crippen molar-refractivity contribution >= 4 is 5.76 Å². The number of ether oxygens (including phenoxy) is 7. The predicted molar refractivity (Wildman–Crippen MR) is 222 cm³/mol. The minimum Gasteiger partial charge on any atom is -0.507 e. The zero-order valence-corrected chi connectivity index (χ0v) is 33.4. The Kier molecular flexibility index (Phi) is 8.67. The monoisotopic (exact) mass is 788 g/mol. The SMILES string of the molecule is COc1cc2c(c3c1CC[C@@H](c1ccccc1)O3)[C@H]1c3c(cc(O)c(C)c3OC)O[C@@](c3ccccc3)(O2)[C@H]1[C@@H]1C=C(c2ccccc2)Oc2cc(O)c(C)c(OC)c21. The molecule has 0 saturated carbocycles. The fourth-order valence-corrected chi connectivity index (χ4v) is 9.84. The van der Waals surface area contributed by atoms with Crippen LogP contribution in [0.2, 0.25) is 0 Å². The van der Waals surface area contributed by atoms with Crippen molar-refractivity contribution in [3.8, 4) is 51.7 Å². The molecule has 0 aromatic heterocycles. The first kappa shape index (κ1) is 36.6. The van der Waals surface area contributed by atoms with Crippen LogP contribution in [0.25, 0.3) is 5.76 Å². The summed E-state index contributed by atoms with van der Waals surface area (Å²) in [5, 5.41) is 22.8. The van der Waals surface area contributed by atoms with Crippen LogP contribution in [0.5, 0.6) is 51.7 Å². The Morgan fingerprint density at radius 1 is 0.661 bits per heavy atom. The molecule has 0 fully saturated rings. The maximum atomic E-state index is 11.4. The van der Waals surface area contributed by atoms with E-state index in [4.69, 9.17) is 33.2 Å². The molecule has 0 saturated heterocycles. The van der Waals surface area contributed by atoms with E-state index in [1.54, 1.807) is 33.5 Å². The summed E-state index contributed by atoms with van der Waals surface area (Å²) in [6.07, 6.45) is 3.34. The molecule has 2 bridgehead atoms. The van der Waals surface area contributed by atoms with Gasteiger partial charge in [-0.15, -0.1) is 0 Å². The third-order valence-corrected chi connectivity index (χ3v) is 12.5. The molecule has 6 aromatic carbocycles. The van der Waals surface area contributed by atoms with Crippen LogP contribution in [0.4, 0.5) is 0 Å². The Balaban J connectivity index is 1.34. The first-order chi connectivity index (χ1) is 28.8. The van der Waals surface area contributed by atoms with E-state index >= 15 is 0 Å². The highest BCUT2D eigenvalue weighted by molar-refractivity contribution is 5.74. The minimum atomic E-state index is -1.53. The van der Waals surface area contributed by atoms with Crippen LogP contribution in [0, 0.1) is 19.8 Å². The summed E-state index contributed by atoms with van der Waals surface area (Å²) in [6, 6.07) is 35.4. The van der Waals surface area contributed by atoms with Crippen molar-refractivity contribution in [3.63, 3.8) is 0 Å². The molecule has 0 radical (unpaired) electrons. The first-order valence-corrected chi connectivity index (χ1v) is 19.9. The fraction of sp³-hybridized carbons (Fsp3) is 0.240. The highest BCUT2D eigenvalue weighted by atomic mass is 16.7. The van der Waals surface area contributed by atoms with Crippen LogP contribution in [-0.2, 0) is 12.2 Å². The van der Waals surface area contributed by atoms with Crippen LogP contribution >= 0.6 is 0 Å². The second-order valence-corrected chi connectivity index (χ2v) is 15.6. The summed E-state index contributed by atoms with van der Waals surface area (Å²) in [7, 11) is 4.90. The number of benzene rings is 6. The molecule has 9 nitrogen and oxygen atoms in total. The lowest BCUT2D eigenvalue weighted by Crippen LogP contribution is -2.56. The predicted octanol–water partition coefficient (Wildman–Crippen LogP) is 10.4. The van der Waals surface area contributed by atoms with Gasteiger partial charge in [-0.2, -0.15) is 0 Å². The van der Waals surface area contributed by atoms with E-state index in [1.165, 1.54) is 0 Å². The van der Waals surface area contributed by atoms with E-state index in [1.807, 2.05) is 98.8 Å². The fourth-order valence-electron chi connectivity index (χ4n) is 9.84. The smallest absolute Gasteiger partial charge is 0.282 e. The number of fused-ring (bicyclic) bond motifs is 9. The van der Waals surface area contributed by atoms with Crippen molar-refractivity contribution in [1.29, 1.82) is 0 Å².